The van der Waals surface area contributed by atoms with Crippen molar-refractivity contribution in [1.82, 2.24) is 4.98 Å². The van der Waals surface area contributed by atoms with Gasteiger partial charge in [0.25, 0.3) is 0 Å². The van der Waals surface area contributed by atoms with Crippen LogP contribution in [0.3, 0.4) is 0 Å². The first-order valence-electron chi connectivity index (χ1n) is 12.9. The fourth-order valence-corrected chi connectivity index (χ4v) is 2.97. The van der Waals surface area contributed by atoms with Crippen LogP contribution < -0.4 is 0 Å². The van der Waals surface area contributed by atoms with Crippen LogP contribution in [0, 0.1) is 6.07 Å². The summed E-state index contributed by atoms with van der Waals surface area (Å²) in [7, 11) is 0. The molecule has 4 aromatic rings. The van der Waals surface area contributed by atoms with Crippen molar-refractivity contribution in [2.75, 3.05) is 0 Å². The molecule has 0 fully saturated rings. The van der Waals surface area contributed by atoms with E-state index in [1.165, 1.54) is 55.3 Å². The molecule has 0 bridgehead atoms. The number of aliphatic hydroxyl groups is 1. The van der Waals surface area contributed by atoms with Gasteiger partial charge in [-0.2, -0.15) is 0 Å². The first-order chi connectivity index (χ1) is 17.3. The number of hydrogen-bond donors (Lipinski definition) is 1. The van der Waals surface area contributed by atoms with Crippen molar-refractivity contribution in [1.29, 1.82) is 0 Å². The average Bonchev–Trinajstić information content (AvgIpc) is 2.85. The first-order valence-corrected chi connectivity index (χ1v) is 12.9. The van der Waals surface area contributed by atoms with Crippen LogP contribution in [0.15, 0.2) is 84.8 Å². The molecule has 1 heterocycles. The van der Waals surface area contributed by atoms with Crippen LogP contribution in [0.1, 0.15) is 74.7 Å². The molecule has 203 valence electrons. The third-order valence-electron chi connectivity index (χ3n) is 4.01. The number of aliphatic hydroxyl groups excluding tert-OH is 1. The number of pyridine rings is 1. The molecule has 0 spiro atoms. The summed E-state index contributed by atoms with van der Waals surface area (Å²) in [5.41, 5.74) is 2.04. The molecule has 3 nitrogen and oxygen atoms in total. The van der Waals surface area contributed by atoms with Gasteiger partial charge in [-0.1, -0.05) is 137 Å². The number of allylic oxidation sites excluding steroid dienone is 2. The molecule has 1 radical (unpaired) electrons. The summed E-state index contributed by atoms with van der Waals surface area (Å²) in [6, 6.07) is 26.3. The van der Waals surface area contributed by atoms with Crippen LogP contribution in [0.4, 0.5) is 0 Å². The van der Waals surface area contributed by atoms with Crippen LogP contribution in [-0.4, -0.2) is 15.9 Å². The monoisotopic (exact) mass is 679 g/mol. The molecule has 0 aliphatic rings. The fraction of sp³-hybridized carbons (Fsp3) is 0.333. The number of hydrogen-bond acceptors (Lipinski definition) is 3. The van der Waals surface area contributed by atoms with E-state index < -0.39 is 0 Å². The molecular formula is C33H44IrNO2-. The van der Waals surface area contributed by atoms with Crippen molar-refractivity contribution in [3.05, 3.63) is 90.8 Å². The Kier molecular flexibility index (Phi) is 22.0. The number of benzene rings is 3. The van der Waals surface area contributed by atoms with Gasteiger partial charge >= 0.3 is 0 Å². The van der Waals surface area contributed by atoms with Crippen LogP contribution >= 0.6 is 0 Å². The Balaban J connectivity index is 0. The largest absolute Gasteiger partial charge is 0.512 e. The van der Waals surface area contributed by atoms with Gasteiger partial charge < -0.3 is 5.11 Å². The molecule has 0 saturated heterocycles. The summed E-state index contributed by atoms with van der Waals surface area (Å²) in [4.78, 5) is 14.5. The number of carbonyl (C=O) groups is 1. The van der Waals surface area contributed by atoms with Crippen molar-refractivity contribution < 1.29 is 30.0 Å². The number of carbonyl (C=O) groups excluding carboxylic acids is 1. The van der Waals surface area contributed by atoms with Gasteiger partial charge in [0.1, 0.15) is 0 Å². The van der Waals surface area contributed by atoms with E-state index in [4.69, 9.17) is 5.11 Å². The van der Waals surface area contributed by atoms with E-state index in [9.17, 15) is 4.79 Å². The SMILES string of the molecule is CC(=O)C=C(C)O.CCC.CCC.CCC.[Ir].[c-]1c(-c2ccccn2)c2ccccc2c2ccccc12. The third kappa shape index (κ3) is 14.5. The standard InChI is InChI=1S/C19H12N.C5H8O2.3C3H8.Ir/c1-2-8-15-14(7-1)13-18(19-11-5-6-12-20-19)17-10-4-3-9-16(15)17;1-4(6)3-5(2)7;3*1-3-2;/h1-12H;3,6H,1-2H3;3*3H2,1-2H3;/q-1;;;;;. The van der Waals surface area contributed by atoms with Crippen molar-refractivity contribution >= 4 is 27.3 Å². The number of nitrogens with zero attached hydrogens (tertiary/aromatic N) is 1. The van der Waals surface area contributed by atoms with E-state index in [-0.39, 0.29) is 31.6 Å². The Hall–Kier alpha value is -2.81. The minimum absolute atomic E-state index is 0. The zero-order valence-electron chi connectivity index (χ0n) is 23.8. The maximum absolute atomic E-state index is 10.0. The number of ketones is 1. The minimum Gasteiger partial charge on any atom is -0.512 e. The van der Waals surface area contributed by atoms with E-state index in [0.29, 0.717) is 0 Å². The summed E-state index contributed by atoms with van der Waals surface area (Å²) >= 11 is 0. The maximum Gasteiger partial charge on any atom is 0.155 e. The zero-order valence-corrected chi connectivity index (χ0v) is 26.2. The second-order valence-electron chi connectivity index (χ2n) is 8.32. The molecule has 0 amide bonds. The van der Waals surface area contributed by atoms with Gasteiger partial charge in [0.2, 0.25) is 0 Å². The fourth-order valence-electron chi connectivity index (χ4n) is 2.97. The first kappa shape index (κ1) is 36.3. The predicted molar refractivity (Wildman–Crippen MR) is 158 cm³/mol. The molecule has 1 N–H and O–H groups in total. The molecule has 37 heavy (non-hydrogen) atoms. The molecule has 0 unspecified atom stereocenters. The van der Waals surface area contributed by atoms with Crippen LogP contribution in [0.2, 0.25) is 0 Å². The quantitative estimate of drug-likeness (QED) is 0.0994. The molecular weight excluding hydrogens is 635 g/mol. The molecule has 0 saturated carbocycles. The van der Waals surface area contributed by atoms with E-state index in [1.807, 2.05) is 24.4 Å². The van der Waals surface area contributed by atoms with Gasteiger partial charge in [-0.15, -0.1) is 17.5 Å². The van der Waals surface area contributed by atoms with Gasteiger partial charge in [-0.25, -0.2) is 0 Å². The summed E-state index contributed by atoms with van der Waals surface area (Å²) in [6.07, 6.45) is 6.74. The van der Waals surface area contributed by atoms with Crippen LogP contribution in [0.25, 0.3) is 32.8 Å². The number of rotatable bonds is 2. The van der Waals surface area contributed by atoms with Crippen LogP contribution in [-0.2, 0) is 24.9 Å². The smallest absolute Gasteiger partial charge is 0.155 e. The van der Waals surface area contributed by atoms with E-state index in [2.05, 4.69) is 101 Å². The Morgan fingerprint density at radius 2 is 1.22 bits per heavy atom. The topological polar surface area (TPSA) is 50.2 Å². The maximum atomic E-state index is 10.0. The van der Waals surface area contributed by atoms with Crippen molar-refractivity contribution in [3.63, 3.8) is 0 Å². The summed E-state index contributed by atoms with van der Waals surface area (Å²) in [6.45, 7) is 15.6. The van der Waals surface area contributed by atoms with Gasteiger partial charge in [-0.3, -0.25) is 9.78 Å². The summed E-state index contributed by atoms with van der Waals surface area (Å²) < 4.78 is 0. The molecule has 3 aromatic carbocycles. The summed E-state index contributed by atoms with van der Waals surface area (Å²) in [5.74, 6) is -0.0625. The normalized spacial score (nSPS) is 9.57. The van der Waals surface area contributed by atoms with Crippen molar-refractivity contribution in [3.8, 4) is 11.3 Å². The van der Waals surface area contributed by atoms with E-state index in [1.54, 1.807) is 0 Å². The number of aromatic nitrogens is 1. The second kappa shape index (κ2) is 22.4. The molecule has 1 aromatic heterocycles. The molecule has 4 rings (SSSR count). The van der Waals surface area contributed by atoms with Gasteiger partial charge in [0.15, 0.2) is 5.78 Å². The molecule has 4 heteroatoms. The predicted octanol–water partition coefficient (Wildman–Crippen LogP) is 10.1. The summed E-state index contributed by atoms with van der Waals surface area (Å²) in [5, 5.41) is 13.2. The van der Waals surface area contributed by atoms with E-state index in [0.717, 1.165) is 16.6 Å². The Morgan fingerprint density at radius 3 is 1.65 bits per heavy atom. The third-order valence-corrected chi connectivity index (χ3v) is 4.01. The zero-order chi connectivity index (χ0) is 27.3. The van der Waals surface area contributed by atoms with Crippen molar-refractivity contribution in [2.24, 2.45) is 0 Å². The Bertz CT molecular complexity index is 1160. The van der Waals surface area contributed by atoms with Gasteiger partial charge in [0, 0.05) is 38.1 Å². The van der Waals surface area contributed by atoms with Gasteiger partial charge in [-0.05, 0) is 19.9 Å². The Labute approximate surface area is 238 Å². The van der Waals surface area contributed by atoms with Crippen molar-refractivity contribution in [2.45, 2.75) is 74.7 Å². The minimum atomic E-state index is -0.125. The van der Waals surface area contributed by atoms with E-state index >= 15 is 0 Å². The number of fused-ring (bicyclic) bond motifs is 3. The van der Waals surface area contributed by atoms with Crippen LogP contribution in [0.5, 0.6) is 0 Å². The molecule has 0 aliphatic heterocycles. The molecule has 0 aliphatic carbocycles. The Morgan fingerprint density at radius 1 is 0.757 bits per heavy atom. The van der Waals surface area contributed by atoms with Gasteiger partial charge in [0.05, 0.1) is 5.76 Å². The average molecular weight is 679 g/mol. The second-order valence-corrected chi connectivity index (χ2v) is 8.32. The molecule has 0 atom stereocenters.